The summed E-state index contributed by atoms with van der Waals surface area (Å²) in [5, 5.41) is 5.14. The lowest BCUT2D eigenvalue weighted by Crippen LogP contribution is -2.39. The number of nitrogens with one attached hydrogen (secondary N) is 1. The number of likely N-dealkylation sites (tertiary alicyclic amines) is 1. The molecule has 2 fully saturated rings. The zero-order valence-electron chi connectivity index (χ0n) is 27.2. The molecular formula is C37H39N7O3S. The van der Waals surface area contributed by atoms with Crippen molar-refractivity contribution in [1.82, 2.24) is 28.6 Å². The van der Waals surface area contributed by atoms with Gasteiger partial charge in [-0.1, -0.05) is 36.6 Å². The van der Waals surface area contributed by atoms with E-state index in [4.69, 9.17) is 5.73 Å². The summed E-state index contributed by atoms with van der Waals surface area (Å²) in [4.78, 5) is 24.8. The number of nitrogen functional groups attached to an aromatic ring is 1. The van der Waals surface area contributed by atoms with Gasteiger partial charge in [-0.15, -0.1) is 0 Å². The number of nitrogens with two attached hydrogens (primary N) is 1. The first-order valence-electron chi connectivity index (χ1n) is 16.7. The van der Waals surface area contributed by atoms with Crippen LogP contribution >= 0.6 is 0 Å². The molecule has 0 amide bonds. The number of anilines is 1. The Labute approximate surface area is 279 Å². The summed E-state index contributed by atoms with van der Waals surface area (Å²) in [5.74, 6) is 0.763. The molecular weight excluding hydrogens is 623 g/mol. The van der Waals surface area contributed by atoms with E-state index in [0.29, 0.717) is 22.5 Å². The van der Waals surface area contributed by atoms with Gasteiger partial charge < -0.3 is 15.6 Å². The fraction of sp³-hybridized carbons (Fsp3) is 0.324. The Morgan fingerprint density at radius 2 is 1.67 bits per heavy atom. The SMILES string of the molecule is Cc1ccc(S(=O)(=O)n2c(C(=O)c3cnn(-c4ccc5[nH]c(C)nc5c4)c3N)cc3cc(C4CCN(C5CCCC5)CC4)ccc32)cc1. The van der Waals surface area contributed by atoms with Gasteiger partial charge in [0, 0.05) is 11.4 Å². The van der Waals surface area contributed by atoms with Crippen LogP contribution in [0.5, 0.6) is 0 Å². The van der Waals surface area contributed by atoms with Gasteiger partial charge in [0.2, 0.25) is 5.78 Å². The highest BCUT2D eigenvalue weighted by atomic mass is 32.2. The maximum atomic E-state index is 14.4. The minimum Gasteiger partial charge on any atom is -0.383 e. The van der Waals surface area contributed by atoms with Crippen LogP contribution in [0, 0.1) is 13.8 Å². The van der Waals surface area contributed by atoms with Gasteiger partial charge in [0.25, 0.3) is 10.0 Å². The molecule has 8 rings (SSSR count). The number of nitrogens with zero attached hydrogens (tertiary/aromatic N) is 5. The third kappa shape index (κ3) is 5.21. The first-order chi connectivity index (χ1) is 23.2. The molecule has 3 aromatic carbocycles. The minimum atomic E-state index is -4.15. The maximum Gasteiger partial charge on any atom is 0.268 e. The molecule has 1 saturated heterocycles. The topological polar surface area (TPSA) is 132 Å². The lowest BCUT2D eigenvalue weighted by Gasteiger charge is -2.36. The fourth-order valence-corrected chi connectivity index (χ4v) is 9.20. The summed E-state index contributed by atoms with van der Waals surface area (Å²) in [5.41, 5.74) is 11.5. The van der Waals surface area contributed by atoms with Gasteiger partial charge in [-0.05, 0) is 113 Å². The molecule has 1 aliphatic carbocycles. The van der Waals surface area contributed by atoms with Gasteiger partial charge >= 0.3 is 0 Å². The molecule has 6 aromatic rings. The van der Waals surface area contributed by atoms with Crippen LogP contribution in [0.15, 0.2) is 77.8 Å². The van der Waals surface area contributed by atoms with Gasteiger partial charge in [-0.25, -0.2) is 22.1 Å². The number of aromatic nitrogens is 5. The number of ketones is 1. The van der Waals surface area contributed by atoms with E-state index in [1.807, 2.05) is 44.2 Å². The Morgan fingerprint density at radius 3 is 2.42 bits per heavy atom. The molecule has 11 heteroatoms. The normalized spacial score (nSPS) is 16.8. The molecule has 0 atom stereocenters. The largest absolute Gasteiger partial charge is 0.383 e. The molecule has 2 aliphatic rings. The summed E-state index contributed by atoms with van der Waals surface area (Å²) < 4.78 is 31.3. The molecule has 48 heavy (non-hydrogen) atoms. The van der Waals surface area contributed by atoms with E-state index >= 15 is 0 Å². The number of imidazole rings is 1. The lowest BCUT2D eigenvalue weighted by molar-refractivity contribution is 0.103. The van der Waals surface area contributed by atoms with Crippen molar-refractivity contribution in [3.8, 4) is 5.69 Å². The van der Waals surface area contributed by atoms with E-state index < -0.39 is 15.8 Å². The predicted molar refractivity (Wildman–Crippen MR) is 187 cm³/mol. The van der Waals surface area contributed by atoms with Crippen LogP contribution in [0.25, 0.3) is 27.6 Å². The predicted octanol–water partition coefficient (Wildman–Crippen LogP) is 6.49. The quantitative estimate of drug-likeness (QED) is 0.187. The summed E-state index contributed by atoms with van der Waals surface area (Å²) in [6.07, 6.45) is 8.81. The van der Waals surface area contributed by atoms with Crippen molar-refractivity contribution in [1.29, 1.82) is 0 Å². The standard InChI is InChI=1S/C37H39N7O3S/c1-23-7-11-30(12-8-23)48(46,47)44-34-14-9-26(25-15-17-42(18-16-25)28-5-3-4-6-28)19-27(34)20-35(44)36(45)31-22-39-43(37(31)38)29-10-13-32-33(21-29)41-24(2)40-32/h7-14,19-22,25,28H,3-6,15-18,38H2,1-2H3,(H,40,41). The monoisotopic (exact) mass is 661 g/mol. The van der Waals surface area contributed by atoms with Gasteiger partial charge in [0.1, 0.15) is 17.3 Å². The number of H-pyrrole nitrogens is 1. The van der Waals surface area contributed by atoms with Gasteiger partial charge in [-0.2, -0.15) is 5.10 Å². The highest BCUT2D eigenvalue weighted by molar-refractivity contribution is 7.90. The second-order valence-electron chi connectivity index (χ2n) is 13.4. The smallest absolute Gasteiger partial charge is 0.268 e. The third-order valence-corrected chi connectivity index (χ3v) is 12.0. The zero-order chi connectivity index (χ0) is 33.2. The number of carbonyl (C=O) groups excluding carboxylic acids is 1. The van der Waals surface area contributed by atoms with E-state index in [2.05, 4.69) is 26.0 Å². The molecule has 3 aromatic heterocycles. The van der Waals surface area contributed by atoms with Gasteiger partial charge in [0.05, 0.1) is 38.9 Å². The van der Waals surface area contributed by atoms with Crippen molar-refractivity contribution in [3.05, 3.63) is 101 Å². The molecule has 0 radical (unpaired) electrons. The van der Waals surface area contributed by atoms with Crippen LogP contribution in [0.1, 0.15) is 77.4 Å². The second-order valence-corrected chi connectivity index (χ2v) is 15.2. The first kappa shape index (κ1) is 30.6. The number of benzene rings is 3. The van der Waals surface area contributed by atoms with Crippen molar-refractivity contribution in [2.75, 3.05) is 18.8 Å². The summed E-state index contributed by atoms with van der Waals surface area (Å²) in [6, 6.07) is 20.6. The molecule has 4 heterocycles. The van der Waals surface area contributed by atoms with E-state index in [1.165, 1.54) is 46.1 Å². The molecule has 246 valence electrons. The number of fused-ring (bicyclic) bond motifs is 2. The van der Waals surface area contributed by atoms with Crippen molar-refractivity contribution in [2.24, 2.45) is 0 Å². The van der Waals surface area contributed by atoms with Crippen molar-refractivity contribution >= 4 is 43.6 Å². The lowest BCUT2D eigenvalue weighted by atomic mass is 9.88. The van der Waals surface area contributed by atoms with E-state index in [0.717, 1.165) is 54.4 Å². The number of piperidine rings is 1. The summed E-state index contributed by atoms with van der Waals surface area (Å²) >= 11 is 0. The molecule has 3 N–H and O–H groups in total. The molecule has 0 bridgehead atoms. The summed E-state index contributed by atoms with van der Waals surface area (Å²) in [7, 11) is -4.15. The highest BCUT2D eigenvalue weighted by Gasteiger charge is 2.31. The van der Waals surface area contributed by atoms with Crippen LogP contribution < -0.4 is 5.73 Å². The van der Waals surface area contributed by atoms with E-state index in [-0.39, 0.29) is 22.0 Å². The van der Waals surface area contributed by atoms with Gasteiger partial charge in [0.15, 0.2) is 0 Å². The fourth-order valence-electron chi connectivity index (χ4n) is 7.69. The molecule has 0 unspecified atom stereocenters. The van der Waals surface area contributed by atoms with E-state index in [9.17, 15) is 13.2 Å². The Morgan fingerprint density at radius 1 is 0.917 bits per heavy atom. The number of hydrogen-bond acceptors (Lipinski definition) is 7. The third-order valence-electron chi connectivity index (χ3n) is 10.3. The van der Waals surface area contributed by atoms with E-state index in [1.54, 1.807) is 30.3 Å². The Bertz CT molecular complexity index is 2280. The molecule has 1 aliphatic heterocycles. The molecule has 0 spiro atoms. The Kier molecular flexibility index (Phi) is 7.48. The average Bonchev–Trinajstić information content (AvgIpc) is 3.89. The van der Waals surface area contributed by atoms with Crippen molar-refractivity contribution in [3.63, 3.8) is 0 Å². The second kappa shape index (κ2) is 11.7. The Hall–Kier alpha value is -4.74. The number of hydrogen-bond donors (Lipinski definition) is 2. The van der Waals surface area contributed by atoms with Crippen molar-refractivity contribution < 1.29 is 13.2 Å². The van der Waals surface area contributed by atoms with Crippen molar-refractivity contribution in [2.45, 2.75) is 69.2 Å². The first-order valence-corrected chi connectivity index (χ1v) is 18.2. The van der Waals surface area contributed by atoms with Crippen LogP contribution in [-0.4, -0.2) is 62.0 Å². The maximum absolute atomic E-state index is 14.4. The van der Waals surface area contributed by atoms with Gasteiger partial charge in [-0.3, -0.25) is 4.79 Å². The Balaban J connectivity index is 1.19. The van der Waals surface area contributed by atoms with Crippen LogP contribution in [0.4, 0.5) is 5.82 Å². The van der Waals surface area contributed by atoms with Crippen LogP contribution in [-0.2, 0) is 10.0 Å². The van der Waals surface area contributed by atoms with Crippen LogP contribution in [0.3, 0.4) is 0 Å². The zero-order valence-corrected chi connectivity index (χ0v) is 28.0. The average molecular weight is 662 g/mol. The number of aromatic amines is 1. The van der Waals surface area contributed by atoms with Crippen LogP contribution in [0.2, 0.25) is 0 Å². The summed E-state index contributed by atoms with van der Waals surface area (Å²) in [6.45, 7) is 5.94. The molecule has 1 saturated carbocycles. The number of carbonyl (C=O) groups is 1. The highest BCUT2D eigenvalue weighted by Crippen LogP contribution is 2.36. The number of aryl methyl sites for hydroxylation is 2. The number of rotatable bonds is 7. The minimum absolute atomic E-state index is 0.0170. The molecule has 10 nitrogen and oxygen atoms in total.